The Morgan fingerprint density at radius 1 is 1.00 bits per heavy atom. The molecule has 0 aliphatic rings. The van der Waals surface area contributed by atoms with Gasteiger partial charge >= 0.3 is 0 Å². The molecule has 1 aromatic rings. The molecule has 21 heavy (non-hydrogen) atoms. The highest BCUT2D eigenvalue weighted by molar-refractivity contribution is 5.98. The third-order valence-electron chi connectivity index (χ3n) is 2.92. The maximum Gasteiger partial charge on any atom is 0.258 e. The number of hydrogen-bond acceptors (Lipinski definition) is 4. The topological polar surface area (TPSA) is 48.0 Å². The summed E-state index contributed by atoms with van der Waals surface area (Å²) >= 11 is 0. The van der Waals surface area contributed by atoms with Crippen LogP contribution in [0.2, 0.25) is 0 Å². The molecule has 0 spiro atoms. The third-order valence-corrected chi connectivity index (χ3v) is 2.92. The van der Waals surface area contributed by atoms with Crippen molar-refractivity contribution >= 4 is 5.91 Å². The molecule has 1 rings (SSSR count). The zero-order valence-electron chi connectivity index (χ0n) is 12.7. The van der Waals surface area contributed by atoms with Crippen LogP contribution in [0.3, 0.4) is 0 Å². The lowest BCUT2D eigenvalue weighted by atomic mass is 10.1. The van der Waals surface area contributed by atoms with E-state index in [2.05, 4.69) is 13.2 Å². The minimum atomic E-state index is -0.187. The standard InChI is InChI=1S/C16H21NO4/c1-6-8-17(9-7-2)16(18)12-10-14(20-4)15(21-5)11-13(12)19-3/h6-7,10-11H,1-2,8-9H2,3-5H3. The molecule has 0 saturated heterocycles. The molecule has 0 unspecified atom stereocenters. The zero-order valence-corrected chi connectivity index (χ0v) is 12.7. The van der Waals surface area contributed by atoms with Crippen molar-refractivity contribution in [2.75, 3.05) is 34.4 Å². The molecule has 5 nitrogen and oxygen atoms in total. The Balaban J connectivity index is 3.28. The predicted octanol–water partition coefficient (Wildman–Crippen LogP) is 2.53. The molecule has 1 aromatic carbocycles. The van der Waals surface area contributed by atoms with Crippen LogP contribution in [-0.2, 0) is 0 Å². The van der Waals surface area contributed by atoms with Gasteiger partial charge in [-0.25, -0.2) is 0 Å². The average molecular weight is 291 g/mol. The molecular formula is C16H21NO4. The van der Waals surface area contributed by atoms with E-state index in [9.17, 15) is 4.79 Å². The van der Waals surface area contributed by atoms with Gasteiger partial charge in [-0.1, -0.05) is 12.2 Å². The number of hydrogen-bond donors (Lipinski definition) is 0. The summed E-state index contributed by atoms with van der Waals surface area (Å²) in [5.74, 6) is 1.21. The molecule has 114 valence electrons. The maximum absolute atomic E-state index is 12.6. The number of amides is 1. The van der Waals surface area contributed by atoms with Crippen LogP contribution in [0.4, 0.5) is 0 Å². The first-order valence-corrected chi connectivity index (χ1v) is 6.43. The molecule has 0 heterocycles. The minimum Gasteiger partial charge on any atom is -0.496 e. The number of carbonyl (C=O) groups is 1. The van der Waals surface area contributed by atoms with Crippen LogP contribution >= 0.6 is 0 Å². The van der Waals surface area contributed by atoms with Gasteiger partial charge in [0.2, 0.25) is 0 Å². The molecule has 5 heteroatoms. The minimum absolute atomic E-state index is 0.187. The van der Waals surface area contributed by atoms with Crippen molar-refractivity contribution in [3.63, 3.8) is 0 Å². The smallest absolute Gasteiger partial charge is 0.258 e. The second kappa shape index (κ2) is 7.99. The molecule has 0 radical (unpaired) electrons. The average Bonchev–Trinajstić information content (AvgIpc) is 2.52. The van der Waals surface area contributed by atoms with Gasteiger partial charge in [0.05, 0.1) is 26.9 Å². The summed E-state index contributed by atoms with van der Waals surface area (Å²) in [7, 11) is 4.55. The second-order valence-electron chi connectivity index (χ2n) is 4.19. The lowest BCUT2D eigenvalue weighted by Gasteiger charge is -2.21. The summed E-state index contributed by atoms with van der Waals surface area (Å²) in [5, 5.41) is 0. The highest BCUT2D eigenvalue weighted by Gasteiger charge is 2.21. The molecular weight excluding hydrogens is 270 g/mol. The summed E-state index contributed by atoms with van der Waals surface area (Å²) in [6, 6.07) is 3.24. The van der Waals surface area contributed by atoms with Crippen LogP contribution in [-0.4, -0.2) is 45.2 Å². The van der Waals surface area contributed by atoms with Crippen LogP contribution in [0.15, 0.2) is 37.4 Å². The summed E-state index contributed by atoms with van der Waals surface area (Å²) in [6.07, 6.45) is 3.32. The van der Waals surface area contributed by atoms with E-state index in [0.29, 0.717) is 35.9 Å². The Morgan fingerprint density at radius 2 is 1.48 bits per heavy atom. The highest BCUT2D eigenvalue weighted by atomic mass is 16.5. The van der Waals surface area contributed by atoms with Crippen LogP contribution in [0.25, 0.3) is 0 Å². The number of methoxy groups -OCH3 is 3. The number of nitrogens with zero attached hydrogens (tertiary/aromatic N) is 1. The monoisotopic (exact) mass is 291 g/mol. The van der Waals surface area contributed by atoms with Crippen molar-refractivity contribution in [3.8, 4) is 17.2 Å². The lowest BCUT2D eigenvalue weighted by Crippen LogP contribution is -2.31. The largest absolute Gasteiger partial charge is 0.496 e. The van der Waals surface area contributed by atoms with Gasteiger partial charge < -0.3 is 19.1 Å². The molecule has 0 aliphatic carbocycles. The van der Waals surface area contributed by atoms with Gasteiger partial charge in [0, 0.05) is 25.2 Å². The number of rotatable bonds is 8. The predicted molar refractivity (Wildman–Crippen MR) is 82.4 cm³/mol. The van der Waals surface area contributed by atoms with E-state index < -0.39 is 0 Å². The van der Waals surface area contributed by atoms with Crippen molar-refractivity contribution in [1.29, 1.82) is 0 Å². The maximum atomic E-state index is 12.6. The Hall–Kier alpha value is -2.43. The van der Waals surface area contributed by atoms with Gasteiger partial charge in [0.15, 0.2) is 11.5 Å². The first kappa shape index (κ1) is 16.6. The van der Waals surface area contributed by atoms with E-state index in [1.54, 1.807) is 29.2 Å². The molecule has 0 aromatic heterocycles. The van der Waals surface area contributed by atoms with Crippen LogP contribution in [0.1, 0.15) is 10.4 Å². The Bertz CT molecular complexity index is 515. The number of ether oxygens (including phenoxy) is 3. The SMILES string of the molecule is C=CCN(CC=C)C(=O)c1cc(OC)c(OC)cc1OC. The van der Waals surface area contributed by atoms with Crippen molar-refractivity contribution in [1.82, 2.24) is 4.90 Å². The fourth-order valence-electron chi connectivity index (χ4n) is 1.92. The van der Waals surface area contributed by atoms with Gasteiger partial charge in [-0.15, -0.1) is 13.2 Å². The first-order chi connectivity index (χ1) is 10.1. The van der Waals surface area contributed by atoms with E-state index in [1.807, 2.05) is 0 Å². The quantitative estimate of drug-likeness (QED) is 0.691. The van der Waals surface area contributed by atoms with Gasteiger partial charge in [0.25, 0.3) is 5.91 Å². The van der Waals surface area contributed by atoms with E-state index in [4.69, 9.17) is 14.2 Å². The van der Waals surface area contributed by atoms with E-state index in [1.165, 1.54) is 21.3 Å². The first-order valence-electron chi connectivity index (χ1n) is 6.43. The van der Waals surface area contributed by atoms with Crippen LogP contribution < -0.4 is 14.2 Å². The zero-order chi connectivity index (χ0) is 15.8. The van der Waals surface area contributed by atoms with Crippen LogP contribution in [0.5, 0.6) is 17.2 Å². The molecule has 0 fully saturated rings. The Morgan fingerprint density at radius 3 is 1.90 bits per heavy atom. The Kier molecular flexibility index (Phi) is 6.33. The van der Waals surface area contributed by atoms with Gasteiger partial charge in [-0.2, -0.15) is 0 Å². The van der Waals surface area contributed by atoms with Crippen molar-refractivity contribution in [2.24, 2.45) is 0 Å². The Labute approximate surface area is 125 Å². The fourth-order valence-corrected chi connectivity index (χ4v) is 1.92. The van der Waals surface area contributed by atoms with E-state index >= 15 is 0 Å². The van der Waals surface area contributed by atoms with Crippen molar-refractivity contribution in [2.45, 2.75) is 0 Å². The summed E-state index contributed by atoms with van der Waals surface area (Å²) in [4.78, 5) is 14.2. The molecule has 0 bridgehead atoms. The number of carbonyl (C=O) groups excluding carboxylic acids is 1. The summed E-state index contributed by atoms with van der Waals surface area (Å²) in [5.41, 5.74) is 0.402. The van der Waals surface area contributed by atoms with Gasteiger partial charge in [0.1, 0.15) is 5.75 Å². The molecule has 0 saturated carbocycles. The molecule has 0 aliphatic heterocycles. The third kappa shape index (κ3) is 3.78. The lowest BCUT2D eigenvalue weighted by molar-refractivity contribution is 0.0787. The van der Waals surface area contributed by atoms with Crippen molar-refractivity contribution in [3.05, 3.63) is 43.0 Å². The summed E-state index contributed by atoms with van der Waals surface area (Å²) in [6.45, 7) is 8.15. The normalized spacial score (nSPS) is 9.67. The highest BCUT2D eigenvalue weighted by Crippen LogP contribution is 2.35. The van der Waals surface area contributed by atoms with Crippen LogP contribution in [0, 0.1) is 0 Å². The van der Waals surface area contributed by atoms with Gasteiger partial charge in [-0.05, 0) is 0 Å². The molecule has 1 amide bonds. The molecule has 0 N–H and O–H groups in total. The van der Waals surface area contributed by atoms with E-state index in [0.717, 1.165) is 0 Å². The van der Waals surface area contributed by atoms with Gasteiger partial charge in [-0.3, -0.25) is 4.79 Å². The fraction of sp³-hybridized carbons (Fsp3) is 0.312. The second-order valence-corrected chi connectivity index (χ2v) is 4.19. The molecule has 0 atom stereocenters. The van der Waals surface area contributed by atoms with Crippen molar-refractivity contribution < 1.29 is 19.0 Å². The van der Waals surface area contributed by atoms with E-state index in [-0.39, 0.29) is 5.91 Å². The number of benzene rings is 1. The summed E-state index contributed by atoms with van der Waals surface area (Å²) < 4.78 is 15.7.